The Labute approximate surface area is 130 Å². The molecule has 3 aromatic rings. The second kappa shape index (κ2) is 6.78. The zero-order valence-corrected chi connectivity index (χ0v) is 12.6. The first kappa shape index (κ1) is 14.8. The predicted molar refractivity (Wildman–Crippen MR) is 83.8 cm³/mol. The summed E-state index contributed by atoms with van der Waals surface area (Å²) in [5.41, 5.74) is 3.00. The van der Waals surface area contributed by atoms with Gasteiger partial charge in [-0.2, -0.15) is 5.10 Å². The number of aromatic nitrogens is 3. The average molecular weight is 317 g/mol. The van der Waals surface area contributed by atoms with Crippen LogP contribution in [0.2, 0.25) is 0 Å². The SMILES string of the molecule is O=c1c2scnc2cnn1C[C@@H](O)COCc1ccccc1. The van der Waals surface area contributed by atoms with Crippen LogP contribution in [0.15, 0.2) is 46.8 Å². The molecule has 0 saturated heterocycles. The molecule has 7 heteroatoms. The first-order valence-electron chi connectivity index (χ1n) is 6.83. The number of aliphatic hydroxyl groups excluding tert-OH is 1. The molecule has 0 aliphatic heterocycles. The van der Waals surface area contributed by atoms with E-state index in [9.17, 15) is 9.90 Å². The molecule has 6 nitrogen and oxygen atoms in total. The van der Waals surface area contributed by atoms with Gasteiger partial charge in [0.1, 0.15) is 10.2 Å². The van der Waals surface area contributed by atoms with Gasteiger partial charge in [-0.1, -0.05) is 30.3 Å². The van der Waals surface area contributed by atoms with E-state index >= 15 is 0 Å². The molecule has 0 fully saturated rings. The van der Waals surface area contributed by atoms with E-state index in [4.69, 9.17) is 4.74 Å². The number of thiazole rings is 1. The Hall–Kier alpha value is -2.09. The van der Waals surface area contributed by atoms with Crippen molar-refractivity contribution in [3.8, 4) is 0 Å². The molecule has 1 atom stereocenters. The van der Waals surface area contributed by atoms with Gasteiger partial charge in [0.15, 0.2) is 0 Å². The van der Waals surface area contributed by atoms with Crippen molar-refractivity contribution in [2.24, 2.45) is 0 Å². The Morgan fingerprint density at radius 3 is 2.95 bits per heavy atom. The van der Waals surface area contributed by atoms with Gasteiger partial charge in [0, 0.05) is 0 Å². The zero-order valence-electron chi connectivity index (χ0n) is 11.8. The first-order valence-corrected chi connectivity index (χ1v) is 7.71. The van der Waals surface area contributed by atoms with Crippen molar-refractivity contribution in [3.05, 3.63) is 58.0 Å². The fourth-order valence-electron chi connectivity index (χ4n) is 2.07. The van der Waals surface area contributed by atoms with Gasteiger partial charge >= 0.3 is 0 Å². The van der Waals surface area contributed by atoms with Gasteiger partial charge < -0.3 is 9.84 Å². The molecular weight excluding hydrogens is 302 g/mol. The number of benzene rings is 1. The maximum Gasteiger partial charge on any atom is 0.286 e. The predicted octanol–water partition coefficient (Wildman–Crippen LogP) is 1.43. The van der Waals surface area contributed by atoms with E-state index in [1.54, 1.807) is 5.51 Å². The third kappa shape index (κ3) is 3.38. The summed E-state index contributed by atoms with van der Waals surface area (Å²) >= 11 is 1.27. The van der Waals surface area contributed by atoms with E-state index in [2.05, 4.69) is 10.1 Å². The number of ether oxygens (including phenoxy) is 1. The molecule has 1 N–H and O–H groups in total. The lowest BCUT2D eigenvalue weighted by Crippen LogP contribution is -2.30. The van der Waals surface area contributed by atoms with E-state index in [0.29, 0.717) is 16.8 Å². The highest BCUT2D eigenvalue weighted by Gasteiger charge is 2.11. The summed E-state index contributed by atoms with van der Waals surface area (Å²) in [4.78, 5) is 16.2. The lowest BCUT2D eigenvalue weighted by molar-refractivity contribution is 0.0181. The molecule has 22 heavy (non-hydrogen) atoms. The lowest BCUT2D eigenvalue weighted by Gasteiger charge is -2.12. The van der Waals surface area contributed by atoms with Crippen LogP contribution in [0.4, 0.5) is 0 Å². The summed E-state index contributed by atoms with van der Waals surface area (Å²) in [6, 6.07) is 9.71. The smallest absolute Gasteiger partial charge is 0.286 e. The fourth-order valence-corrected chi connectivity index (χ4v) is 2.77. The van der Waals surface area contributed by atoms with Gasteiger partial charge in [-0.05, 0) is 5.56 Å². The molecule has 0 saturated carbocycles. The highest BCUT2D eigenvalue weighted by atomic mass is 32.1. The summed E-state index contributed by atoms with van der Waals surface area (Å²) < 4.78 is 7.26. The van der Waals surface area contributed by atoms with Crippen LogP contribution in [0, 0.1) is 0 Å². The van der Waals surface area contributed by atoms with Crippen LogP contribution in [0.3, 0.4) is 0 Å². The molecule has 0 aliphatic carbocycles. The average Bonchev–Trinajstić information content (AvgIpc) is 3.01. The molecular formula is C15H15N3O3S. The highest BCUT2D eigenvalue weighted by Crippen LogP contribution is 2.10. The highest BCUT2D eigenvalue weighted by molar-refractivity contribution is 7.16. The van der Waals surface area contributed by atoms with Gasteiger partial charge in [0.25, 0.3) is 5.56 Å². The summed E-state index contributed by atoms with van der Waals surface area (Å²) in [5, 5.41) is 14.0. The molecule has 3 rings (SSSR count). The maximum absolute atomic E-state index is 12.1. The Morgan fingerprint density at radius 2 is 2.14 bits per heavy atom. The monoisotopic (exact) mass is 317 g/mol. The van der Waals surface area contributed by atoms with Crippen LogP contribution in [0.1, 0.15) is 5.56 Å². The summed E-state index contributed by atoms with van der Waals surface area (Å²) in [6.07, 6.45) is 0.740. The van der Waals surface area contributed by atoms with Gasteiger partial charge in [-0.15, -0.1) is 11.3 Å². The molecule has 1 aromatic carbocycles. The van der Waals surface area contributed by atoms with Crippen molar-refractivity contribution in [1.29, 1.82) is 0 Å². The first-order chi connectivity index (χ1) is 10.7. The van der Waals surface area contributed by atoms with Crippen LogP contribution < -0.4 is 5.56 Å². The second-order valence-electron chi connectivity index (χ2n) is 4.85. The van der Waals surface area contributed by atoms with Crippen molar-refractivity contribution < 1.29 is 9.84 Å². The molecule has 0 bridgehead atoms. The number of fused-ring (bicyclic) bond motifs is 1. The van der Waals surface area contributed by atoms with E-state index in [1.807, 2.05) is 30.3 Å². The summed E-state index contributed by atoms with van der Waals surface area (Å²) in [5.74, 6) is 0. The molecule has 2 heterocycles. The third-order valence-electron chi connectivity index (χ3n) is 3.15. The van der Waals surface area contributed by atoms with Crippen molar-refractivity contribution in [2.45, 2.75) is 19.3 Å². The maximum atomic E-state index is 12.1. The minimum absolute atomic E-state index is 0.0987. The Kier molecular flexibility index (Phi) is 4.57. The number of aliphatic hydroxyl groups is 1. The number of hydrogen-bond donors (Lipinski definition) is 1. The second-order valence-corrected chi connectivity index (χ2v) is 5.71. The Bertz CT molecular complexity index is 800. The quantitative estimate of drug-likeness (QED) is 0.744. The summed E-state index contributed by atoms with van der Waals surface area (Å²) in [6.45, 7) is 0.666. The molecule has 0 spiro atoms. The molecule has 114 valence electrons. The lowest BCUT2D eigenvalue weighted by atomic mass is 10.2. The van der Waals surface area contributed by atoms with Gasteiger partial charge in [0.2, 0.25) is 0 Å². The van der Waals surface area contributed by atoms with Crippen LogP contribution in [-0.2, 0) is 17.9 Å². The minimum Gasteiger partial charge on any atom is -0.389 e. The van der Waals surface area contributed by atoms with E-state index in [0.717, 1.165) is 5.56 Å². The van der Waals surface area contributed by atoms with E-state index < -0.39 is 6.10 Å². The standard InChI is InChI=1S/C15H15N3O3S/c19-12(9-21-8-11-4-2-1-3-5-11)7-18-15(20)14-13(6-17-18)16-10-22-14/h1-6,10,12,19H,7-9H2/t12-/m1/s1. The van der Waals surface area contributed by atoms with Crippen molar-refractivity contribution in [1.82, 2.24) is 14.8 Å². The van der Waals surface area contributed by atoms with Gasteiger partial charge in [-0.25, -0.2) is 9.67 Å². The molecule has 0 radical (unpaired) electrons. The normalized spacial score (nSPS) is 12.6. The van der Waals surface area contributed by atoms with E-state index in [1.165, 1.54) is 22.2 Å². The Balaban J connectivity index is 1.57. The number of nitrogens with zero attached hydrogens (tertiary/aromatic N) is 3. The van der Waals surface area contributed by atoms with Gasteiger partial charge in [-0.3, -0.25) is 4.79 Å². The fraction of sp³-hybridized carbons (Fsp3) is 0.267. The minimum atomic E-state index is -0.792. The van der Waals surface area contributed by atoms with Crippen LogP contribution in [0.5, 0.6) is 0 Å². The van der Waals surface area contributed by atoms with Gasteiger partial charge in [0.05, 0.1) is 37.6 Å². The molecule has 0 unspecified atom stereocenters. The summed E-state index contributed by atoms with van der Waals surface area (Å²) in [7, 11) is 0. The third-order valence-corrected chi connectivity index (χ3v) is 3.98. The number of rotatable bonds is 6. The van der Waals surface area contributed by atoms with Crippen molar-refractivity contribution >= 4 is 21.6 Å². The molecule has 0 aliphatic rings. The van der Waals surface area contributed by atoms with Crippen molar-refractivity contribution in [2.75, 3.05) is 6.61 Å². The van der Waals surface area contributed by atoms with Crippen LogP contribution in [-0.4, -0.2) is 32.6 Å². The molecule has 0 amide bonds. The largest absolute Gasteiger partial charge is 0.389 e. The number of hydrogen-bond acceptors (Lipinski definition) is 6. The Morgan fingerprint density at radius 1 is 1.32 bits per heavy atom. The van der Waals surface area contributed by atoms with E-state index in [-0.39, 0.29) is 18.7 Å². The topological polar surface area (TPSA) is 77.2 Å². The van der Waals surface area contributed by atoms with Crippen LogP contribution >= 0.6 is 11.3 Å². The molecule has 2 aromatic heterocycles. The van der Waals surface area contributed by atoms with Crippen molar-refractivity contribution in [3.63, 3.8) is 0 Å². The van der Waals surface area contributed by atoms with Crippen LogP contribution in [0.25, 0.3) is 10.2 Å². The zero-order chi connectivity index (χ0) is 15.4.